The van der Waals surface area contributed by atoms with E-state index in [0.29, 0.717) is 0 Å². The van der Waals surface area contributed by atoms with Crippen LogP contribution in [-0.2, 0) is 12.4 Å². The van der Waals surface area contributed by atoms with Gasteiger partial charge in [-0.1, -0.05) is 0 Å². The Balaban J connectivity index is 1.95. The highest BCUT2D eigenvalue weighted by Gasteiger charge is 2.35. The maximum atomic E-state index is 12.6. The van der Waals surface area contributed by atoms with Crippen molar-refractivity contribution in [2.24, 2.45) is 0 Å². The van der Waals surface area contributed by atoms with E-state index in [2.05, 4.69) is 21.0 Å². The second-order valence-electron chi connectivity index (χ2n) is 4.41. The molecule has 0 aliphatic heterocycles. The summed E-state index contributed by atoms with van der Waals surface area (Å²) in [5.74, 6) is 0. The van der Waals surface area contributed by atoms with Crippen LogP contribution in [0.15, 0.2) is 22.9 Å². The van der Waals surface area contributed by atoms with Gasteiger partial charge in [-0.3, -0.25) is 0 Å². The first-order valence-electron chi connectivity index (χ1n) is 6.09. The molecule has 11 heteroatoms. The first-order valence-corrected chi connectivity index (χ1v) is 7.85. The molecule has 125 valence electrons. The van der Waals surface area contributed by atoms with Gasteiger partial charge in [-0.25, -0.2) is 15.0 Å². The molecule has 3 aromatic heterocycles. The lowest BCUT2D eigenvalue weighted by atomic mass is 10.3. The SMILES string of the molecule is FC(F)(F)c1csc(-c2c[c]cc(-c3nc(C(F)(F)F)cs3)n2)n1. The van der Waals surface area contributed by atoms with E-state index in [0.717, 1.165) is 33.4 Å². The molecule has 0 atom stereocenters. The fourth-order valence-corrected chi connectivity index (χ4v) is 3.23. The van der Waals surface area contributed by atoms with Crippen molar-refractivity contribution in [3.63, 3.8) is 0 Å². The number of nitrogens with zero attached hydrogens (tertiary/aromatic N) is 3. The third-order valence-electron chi connectivity index (χ3n) is 2.71. The number of rotatable bonds is 2. The minimum atomic E-state index is -4.58. The molecule has 0 aliphatic carbocycles. The van der Waals surface area contributed by atoms with Crippen LogP contribution in [0.4, 0.5) is 26.3 Å². The van der Waals surface area contributed by atoms with Crippen LogP contribution in [-0.4, -0.2) is 15.0 Å². The molecule has 0 fully saturated rings. The van der Waals surface area contributed by atoms with Crippen molar-refractivity contribution >= 4 is 22.7 Å². The van der Waals surface area contributed by atoms with Crippen LogP contribution in [0.25, 0.3) is 21.4 Å². The number of thiazole rings is 2. The number of alkyl halides is 6. The Bertz CT molecular complexity index is 797. The number of pyridine rings is 1. The van der Waals surface area contributed by atoms with Crippen molar-refractivity contribution in [1.29, 1.82) is 0 Å². The van der Waals surface area contributed by atoms with Gasteiger partial charge >= 0.3 is 12.4 Å². The summed E-state index contributed by atoms with van der Waals surface area (Å²) < 4.78 is 75.5. The van der Waals surface area contributed by atoms with Crippen molar-refractivity contribution < 1.29 is 26.3 Å². The molecule has 0 bridgehead atoms. The van der Waals surface area contributed by atoms with Crippen molar-refractivity contribution in [2.75, 3.05) is 0 Å². The van der Waals surface area contributed by atoms with Crippen LogP contribution >= 0.6 is 22.7 Å². The van der Waals surface area contributed by atoms with E-state index in [4.69, 9.17) is 0 Å². The van der Waals surface area contributed by atoms with Gasteiger partial charge in [-0.15, -0.1) is 22.7 Å². The summed E-state index contributed by atoms with van der Waals surface area (Å²) in [5.41, 5.74) is -1.94. The van der Waals surface area contributed by atoms with Crippen molar-refractivity contribution in [3.8, 4) is 21.4 Å². The average molecular weight is 380 g/mol. The maximum absolute atomic E-state index is 12.6. The second kappa shape index (κ2) is 5.81. The summed E-state index contributed by atoms with van der Waals surface area (Å²) in [6.07, 6.45) is -9.15. The normalized spacial score (nSPS) is 12.6. The van der Waals surface area contributed by atoms with Crippen molar-refractivity contribution in [2.45, 2.75) is 12.4 Å². The molecule has 0 unspecified atom stereocenters. The summed E-state index contributed by atoms with van der Waals surface area (Å²) in [7, 11) is 0. The monoisotopic (exact) mass is 380 g/mol. The predicted octanol–water partition coefficient (Wildman–Crippen LogP) is 5.17. The van der Waals surface area contributed by atoms with E-state index < -0.39 is 23.7 Å². The van der Waals surface area contributed by atoms with E-state index >= 15 is 0 Å². The average Bonchev–Trinajstić information content (AvgIpc) is 3.16. The zero-order valence-electron chi connectivity index (χ0n) is 11.2. The lowest BCUT2D eigenvalue weighted by Gasteiger charge is -2.02. The molecular formula is C13H4F6N3S2. The summed E-state index contributed by atoms with van der Waals surface area (Å²) in [4.78, 5) is 10.9. The molecule has 3 rings (SSSR count). The molecule has 0 aliphatic rings. The van der Waals surface area contributed by atoms with E-state index in [1.54, 1.807) is 0 Å². The van der Waals surface area contributed by atoms with E-state index in [1.165, 1.54) is 12.1 Å². The first-order chi connectivity index (χ1) is 11.1. The molecule has 0 saturated heterocycles. The van der Waals surface area contributed by atoms with E-state index in [1.807, 2.05) is 0 Å². The molecule has 3 aromatic rings. The van der Waals surface area contributed by atoms with E-state index in [-0.39, 0.29) is 21.4 Å². The predicted molar refractivity (Wildman–Crippen MR) is 75.3 cm³/mol. The second-order valence-corrected chi connectivity index (χ2v) is 6.13. The Morgan fingerprint density at radius 3 is 1.46 bits per heavy atom. The first kappa shape index (κ1) is 16.8. The van der Waals surface area contributed by atoms with Crippen molar-refractivity contribution in [1.82, 2.24) is 15.0 Å². The van der Waals surface area contributed by atoms with Gasteiger partial charge in [0.2, 0.25) is 0 Å². The number of aromatic nitrogens is 3. The Labute approximate surface area is 138 Å². The van der Waals surface area contributed by atoms with Crippen LogP contribution in [0.2, 0.25) is 0 Å². The molecule has 3 heterocycles. The molecule has 0 saturated carbocycles. The van der Waals surface area contributed by atoms with Crippen LogP contribution in [0.5, 0.6) is 0 Å². The molecule has 24 heavy (non-hydrogen) atoms. The third kappa shape index (κ3) is 3.41. The number of hydrogen-bond donors (Lipinski definition) is 0. The van der Waals surface area contributed by atoms with Gasteiger partial charge in [0.1, 0.15) is 21.4 Å². The molecule has 1 radical (unpaired) electrons. The van der Waals surface area contributed by atoms with Gasteiger partial charge in [-0.2, -0.15) is 26.3 Å². The topological polar surface area (TPSA) is 38.7 Å². The highest BCUT2D eigenvalue weighted by atomic mass is 32.1. The Morgan fingerprint density at radius 1 is 0.708 bits per heavy atom. The number of hydrogen-bond acceptors (Lipinski definition) is 5. The molecule has 0 spiro atoms. The van der Waals surface area contributed by atoms with Crippen molar-refractivity contribution in [3.05, 3.63) is 40.3 Å². The Kier molecular flexibility index (Phi) is 4.08. The molecule has 0 amide bonds. The van der Waals surface area contributed by atoms with Crippen LogP contribution in [0, 0.1) is 6.07 Å². The lowest BCUT2D eigenvalue weighted by molar-refractivity contribution is -0.141. The zero-order chi connectivity index (χ0) is 17.5. The van der Waals surface area contributed by atoms with Gasteiger partial charge in [0.25, 0.3) is 0 Å². The van der Waals surface area contributed by atoms with Crippen LogP contribution in [0.3, 0.4) is 0 Å². The zero-order valence-corrected chi connectivity index (χ0v) is 12.9. The summed E-state index contributed by atoms with van der Waals surface area (Å²) in [6.45, 7) is 0. The summed E-state index contributed by atoms with van der Waals surface area (Å²) >= 11 is 1.46. The Hall–Kier alpha value is -2.01. The highest BCUT2D eigenvalue weighted by molar-refractivity contribution is 7.13. The molecule has 3 nitrogen and oxygen atoms in total. The molecular weight excluding hydrogens is 376 g/mol. The van der Waals surface area contributed by atoms with Crippen LogP contribution in [0.1, 0.15) is 11.4 Å². The van der Waals surface area contributed by atoms with Crippen LogP contribution < -0.4 is 0 Å². The van der Waals surface area contributed by atoms with Gasteiger partial charge in [0.15, 0.2) is 11.4 Å². The van der Waals surface area contributed by atoms with Gasteiger partial charge < -0.3 is 0 Å². The minimum absolute atomic E-state index is 0.00646. The summed E-state index contributed by atoms with van der Waals surface area (Å²) in [6, 6.07) is 5.24. The largest absolute Gasteiger partial charge is 0.434 e. The molecule has 0 aromatic carbocycles. The quantitative estimate of drug-likeness (QED) is 0.576. The fourth-order valence-electron chi connectivity index (χ4n) is 1.66. The third-order valence-corrected chi connectivity index (χ3v) is 4.44. The standard InChI is InChI=1S/C13H4F6N3S2/c14-12(15,16)8-4-23-10(21-8)6-2-1-3-7(20-6)11-22-9(5-24-11)13(17,18)19/h2-5H. The fraction of sp³-hybridized carbons (Fsp3) is 0.154. The Morgan fingerprint density at radius 2 is 1.12 bits per heavy atom. The smallest absolute Gasteiger partial charge is 0.243 e. The van der Waals surface area contributed by atoms with Gasteiger partial charge in [0.05, 0.1) is 0 Å². The number of halogens is 6. The summed E-state index contributed by atoms with van der Waals surface area (Å²) in [5, 5.41) is 1.67. The van der Waals surface area contributed by atoms with E-state index in [9.17, 15) is 26.3 Å². The van der Waals surface area contributed by atoms with Gasteiger partial charge in [-0.05, 0) is 18.2 Å². The highest BCUT2D eigenvalue weighted by Crippen LogP contribution is 2.35. The maximum Gasteiger partial charge on any atom is 0.434 e. The lowest BCUT2D eigenvalue weighted by Crippen LogP contribution is -2.05. The van der Waals surface area contributed by atoms with Gasteiger partial charge in [0, 0.05) is 10.8 Å². The molecule has 0 N–H and O–H groups in total. The minimum Gasteiger partial charge on any atom is -0.243 e.